The van der Waals surface area contributed by atoms with Crippen LogP contribution in [0.4, 0.5) is 0 Å². The summed E-state index contributed by atoms with van der Waals surface area (Å²) in [6, 6.07) is 5.52. The third kappa shape index (κ3) is 3.16. The van der Waals surface area contributed by atoms with Gasteiger partial charge in [0.1, 0.15) is 0 Å². The SMILES string of the molecule is CC1CCC(C)N(C(c2ccc(Br)s2)C(C)N)C1. The maximum absolute atomic E-state index is 6.27. The zero-order chi connectivity index (χ0) is 13.3. The molecule has 1 aromatic heterocycles. The molecule has 1 saturated heterocycles. The molecule has 2 rings (SSSR count). The van der Waals surface area contributed by atoms with Gasteiger partial charge in [0.15, 0.2) is 0 Å². The summed E-state index contributed by atoms with van der Waals surface area (Å²) in [5.41, 5.74) is 6.27. The minimum absolute atomic E-state index is 0.170. The quantitative estimate of drug-likeness (QED) is 0.906. The number of halogens is 1. The molecule has 18 heavy (non-hydrogen) atoms. The van der Waals surface area contributed by atoms with Crippen molar-refractivity contribution in [1.82, 2.24) is 4.90 Å². The topological polar surface area (TPSA) is 29.3 Å². The van der Waals surface area contributed by atoms with Gasteiger partial charge in [0.2, 0.25) is 0 Å². The van der Waals surface area contributed by atoms with Crippen molar-refractivity contribution >= 4 is 27.3 Å². The summed E-state index contributed by atoms with van der Waals surface area (Å²) < 4.78 is 1.20. The first-order valence-electron chi connectivity index (χ1n) is 6.75. The van der Waals surface area contributed by atoms with E-state index in [9.17, 15) is 0 Å². The molecule has 1 aromatic rings. The highest BCUT2D eigenvalue weighted by molar-refractivity contribution is 9.11. The summed E-state index contributed by atoms with van der Waals surface area (Å²) in [7, 11) is 0. The van der Waals surface area contributed by atoms with Crippen LogP contribution in [0.25, 0.3) is 0 Å². The summed E-state index contributed by atoms with van der Waals surface area (Å²) in [5, 5.41) is 0. The summed E-state index contributed by atoms with van der Waals surface area (Å²) in [5.74, 6) is 0.783. The molecule has 1 fully saturated rings. The molecule has 4 unspecified atom stereocenters. The molecule has 0 aliphatic carbocycles. The normalized spacial score (nSPS) is 29.2. The van der Waals surface area contributed by atoms with Crippen LogP contribution in [0, 0.1) is 5.92 Å². The second-order valence-corrected chi connectivity index (χ2v) is 8.17. The van der Waals surface area contributed by atoms with Gasteiger partial charge in [-0.25, -0.2) is 0 Å². The Morgan fingerprint density at radius 3 is 2.67 bits per heavy atom. The van der Waals surface area contributed by atoms with E-state index in [0.717, 1.165) is 5.92 Å². The molecule has 1 aliphatic rings. The summed E-state index contributed by atoms with van der Waals surface area (Å²) >= 11 is 5.38. The first-order valence-corrected chi connectivity index (χ1v) is 8.36. The van der Waals surface area contributed by atoms with E-state index in [0.29, 0.717) is 12.1 Å². The Labute approximate surface area is 123 Å². The molecule has 0 spiro atoms. The van der Waals surface area contributed by atoms with Crippen LogP contribution in [0.15, 0.2) is 15.9 Å². The molecular formula is C14H23BrN2S. The number of hydrogen-bond acceptors (Lipinski definition) is 3. The number of nitrogens with zero attached hydrogens (tertiary/aromatic N) is 1. The lowest BCUT2D eigenvalue weighted by molar-refractivity contribution is 0.0677. The highest BCUT2D eigenvalue weighted by Crippen LogP contribution is 2.36. The molecule has 2 nitrogen and oxygen atoms in total. The average Bonchev–Trinajstić information content (AvgIpc) is 2.70. The second-order valence-electron chi connectivity index (χ2n) is 5.67. The molecule has 0 radical (unpaired) electrons. The van der Waals surface area contributed by atoms with Gasteiger partial charge in [0, 0.05) is 23.5 Å². The molecular weight excluding hydrogens is 308 g/mol. The van der Waals surface area contributed by atoms with Gasteiger partial charge >= 0.3 is 0 Å². The Balaban J connectivity index is 2.24. The number of thiophene rings is 1. The van der Waals surface area contributed by atoms with E-state index in [1.807, 2.05) is 11.3 Å². The fourth-order valence-corrected chi connectivity index (χ4v) is 4.58. The maximum atomic E-state index is 6.27. The first-order chi connectivity index (χ1) is 8.49. The number of nitrogens with two attached hydrogens (primary N) is 1. The first kappa shape index (κ1) is 14.5. The number of piperidine rings is 1. The van der Waals surface area contributed by atoms with Crippen LogP contribution < -0.4 is 5.73 Å². The lowest BCUT2D eigenvalue weighted by Gasteiger charge is -2.43. The van der Waals surface area contributed by atoms with Crippen LogP contribution >= 0.6 is 27.3 Å². The third-order valence-corrected chi connectivity index (χ3v) is 5.60. The Morgan fingerprint density at radius 2 is 2.11 bits per heavy atom. The third-order valence-electron chi connectivity index (χ3n) is 3.91. The zero-order valence-corrected chi connectivity index (χ0v) is 13.8. The molecule has 0 saturated carbocycles. The van der Waals surface area contributed by atoms with Gasteiger partial charge in [0.05, 0.1) is 9.83 Å². The van der Waals surface area contributed by atoms with Crippen molar-refractivity contribution in [3.05, 3.63) is 20.8 Å². The Bertz CT molecular complexity index is 391. The highest BCUT2D eigenvalue weighted by atomic mass is 79.9. The Hall–Kier alpha value is 0.1000. The highest BCUT2D eigenvalue weighted by Gasteiger charge is 2.32. The predicted octanol–water partition coefficient (Wildman–Crippen LogP) is 4.02. The molecule has 0 aromatic carbocycles. The van der Waals surface area contributed by atoms with E-state index in [2.05, 4.69) is 53.7 Å². The monoisotopic (exact) mass is 330 g/mol. The molecule has 2 heterocycles. The van der Waals surface area contributed by atoms with E-state index in [1.165, 1.54) is 28.0 Å². The maximum Gasteiger partial charge on any atom is 0.0702 e. The van der Waals surface area contributed by atoms with E-state index < -0.39 is 0 Å². The fourth-order valence-electron chi connectivity index (χ4n) is 2.92. The molecule has 102 valence electrons. The summed E-state index contributed by atoms with van der Waals surface area (Å²) in [6.45, 7) is 7.98. The lowest BCUT2D eigenvalue weighted by atomic mass is 9.91. The van der Waals surface area contributed by atoms with Crippen molar-refractivity contribution in [3.8, 4) is 0 Å². The molecule has 4 atom stereocenters. The van der Waals surface area contributed by atoms with Gasteiger partial charge in [-0.2, -0.15) is 0 Å². The van der Waals surface area contributed by atoms with Crippen LogP contribution in [-0.4, -0.2) is 23.5 Å². The lowest BCUT2D eigenvalue weighted by Crippen LogP contribution is -2.48. The van der Waals surface area contributed by atoms with Gasteiger partial charge in [-0.05, 0) is 60.7 Å². The standard InChI is InChI=1S/C14H23BrN2S/c1-9-4-5-10(2)17(8-9)14(11(3)16)12-6-7-13(15)18-12/h6-7,9-11,14H,4-5,8,16H2,1-3H3. The summed E-state index contributed by atoms with van der Waals surface area (Å²) in [4.78, 5) is 4.00. The van der Waals surface area contributed by atoms with Crippen LogP contribution in [0.5, 0.6) is 0 Å². The Morgan fingerprint density at radius 1 is 1.39 bits per heavy atom. The molecule has 1 aliphatic heterocycles. The minimum atomic E-state index is 0.170. The number of hydrogen-bond donors (Lipinski definition) is 1. The van der Waals surface area contributed by atoms with E-state index in [4.69, 9.17) is 5.73 Å². The van der Waals surface area contributed by atoms with E-state index in [-0.39, 0.29) is 6.04 Å². The van der Waals surface area contributed by atoms with Gasteiger partial charge < -0.3 is 5.73 Å². The second kappa shape index (κ2) is 6.04. The van der Waals surface area contributed by atoms with Gasteiger partial charge in [-0.1, -0.05) is 6.92 Å². The van der Waals surface area contributed by atoms with Crippen molar-refractivity contribution in [3.63, 3.8) is 0 Å². The van der Waals surface area contributed by atoms with Crippen LogP contribution in [0.3, 0.4) is 0 Å². The van der Waals surface area contributed by atoms with E-state index >= 15 is 0 Å². The number of likely N-dealkylation sites (tertiary alicyclic amines) is 1. The smallest absolute Gasteiger partial charge is 0.0702 e. The van der Waals surface area contributed by atoms with Gasteiger partial charge in [-0.15, -0.1) is 11.3 Å². The molecule has 0 amide bonds. The van der Waals surface area contributed by atoms with Crippen molar-refractivity contribution < 1.29 is 0 Å². The minimum Gasteiger partial charge on any atom is -0.326 e. The van der Waals surface area contributed by atoms with Crippen LogP contribution in [0.1, 0.15) is 44.5 Å². The predicted molar refractivity (Wildman–Crippen MR) is 83.0 cm³/mol. The fraction of sp³-hybridized carbons (Fsp3) is 0.714. The molecule has 0 bridgehead atoms. The van der Waals surface area contributed by atoms with Crippen molar-refractivity contribution in [2.45, 2.75) is 51.7 Å². The van der Waals surface area contributed by atoms with E-state index in [1.54, 1.807) is 0 Å². The molecule has 2 N–H and O–H groups in total. The molecule has 4 heteroatoms. The van der Waals surface area contributed by atoms with Crippen molar-refractivity contribution in [2.24, 2.45) is 11.7 Å². The summed E-state index contributed by atoms with van der Waals surface area (Å²) in [6.07, 6.45) is 2.63. The Kier molecular flexibility index (Phi) is 4.86. The van der Waals surface area contributed by atoms with Crippen LogP contribution in [0.2, 0.25) is 0 Å². The number of rotatable bonds is 3. The van der Waals surface area contributed by atoms with Crippen LogP contribution in [-0.2, 0) is 0 Å². The average molecular weight is 331 g/mol. The van der Waals surface area contributed by atoms with Crippen molar-refractivity contribution in [1.29, 1.82) is 0 Å². The van der Waals surface area contributed by atoms with Gasteiger partial charge in [-0.3, -0.25) is 4.90 Å². The zero-order valence-electron chi connectivity index (χ0n) is 11.4. The largest absolute Gasteiger partial charge is 0.326 e. The van der Waals surface area contributed by atoms with Gasteiger partial charge in [0.25, 0.3) is 0 Å². The van der Waals surface area contributed by atoms with Crippen molar-refractivity contribution in [2.75, 3.05) is 6.54 Å².